The van der Waals surface area contributed by atoms with E-state index in [-0.39, 0.29) is 55.5 Å². The maximum absolute atomic E-state index is 13.3. The average molecular weight is 1180 g/mol. The standard InChI is InChI=1S/2C25H21F6.C3H4F3.CH3.2ClH.Si.Zr/c2*26-24(27,28)19-10-18(11-20(12-19)25(29,30)31)21-3-1-2-17-8-16(9-22(17)21)14-23-6-4-15(13-23)5-7-23;1-2-3(4,5)6;;;;;/h2*1-3,8-12,15H,4-7,13-14H2;1-2H2;1H3;2*1H;;/q4*-1;;;;. The van der Waals surface area contributed by atoms with E-state index < -0.39 is 59.6 Å². The van der Waals surface area contributed by atoms with Gasteiger partial charge in [-0.3, -0.25) is 0 Å². The molecule has 4 aliphatic carbocycles. The van der Waals surface area contributed by atoms with Gasteiger partial charge < -0.3 is 14.4 Å². The molecule has 0 saturated heterocycles. The van der Waals surface area contributed by atoms with E-state index in [4.69, 9.17) is 0 Å². The summed E-state index contributed by atoms with van der Waals surface area (Å²) in [4.78, 5) is 0. The van der Waals surface area contributed by atoms with Crippen molar-refractivity contribution in [1.29, 1.82) is 0 Å². The van der Waals surface area contributed by atoms with Crippen molar-refractivity contribution in [3.8, 4) is 22.3 Å². The van der Waals surface area contributed by atoms with Crippen LogP contribution in [0.4, 0.5) is 65.9 Å². The predicted octanol–water partition coefficient (Wildman–Crippen LogP) is 19.5. The topological polar surface area (TPSA) is 0 Å². The van der Waals surface area contributed by atoms with Crippen molar-refractivity contribution in [3.05, 3.63) is 145 Å². The van der Waals surface area contributed by atoms with Gasteiger partial charge in [-0.15, -0.1) is 93.9 Å². The van der Waals surface area contributed by atoms with Crippen LogP contribution in [-0.4, -0.2) is 13.1 Å². The van der Waals surface area contributed by atoms with Gasteiger partial charge in [0.05, 0.1) is 22.3 Å². The van der Waals surface area contributed by atoms with Crippen molar-refractivity contribution in [2.45, 2.75) is 114 Å². The molecule has 4 aliphatic rings. The van der Waals surface area contributed by atoms with E-state index in [2.05, 4.69) is 13.8 Å². The van der Waals surface area contributed by atoms with Gasteiger partial charge in [0.2, 0.25) is 0 Å². The van der Waals surface area contributed by atoms with Crippen LogP contribution in [0.5, 0.6) is 0 Å². The quantitative estimate of drug-likeness (QED) is 0.0886. The molecule has 0 nitrogen and oxygen atoms in total. The Morgan fingerprint density at radius 1 is 0.493 bits per heavy atom. The monoisotopic (exact) mass is 1170 g/mol. The Morgan fingerprint density at radius 3 is 1.01 bits per heavy atom. The first-order valence-electron chi connectivity index (χ1n) is 22.7. The zero-order chi connectivity index (χ0) is 51.2. The molecule has 0 aromatic heterocycles. The first-order valence-corrected chi connectivity index (χ1v) is 26.9. The van der Waals surface area contributed by atoms with E-state index in [1.807, 2.05) is 36.4 Å². The second kappa shape index (κ2) is 23.5. The van der Waals surface area contributed by atoms with Gasteiger partial charge in [-0.1, -0.05) is 29.7 Å². The minimum atomic E-state index is -4.86. The van der Waals surface area contributed by atoms with Gasteiger partial charge in [0.1, 0.15) is 0 Å². The van der Waals surface area contributed by atoms with Crippen LogP contribution >= 0.6 is 24.8 Å². The van der Waals surface area contributed by atoms with Crippen molar-refractivity contribution in [1.82, 2.24) is 0 Å². The molecule has 6 aromatic carbocycles. The summed E-state index contributed by atoms with van der Waals surface area (Å²) in [6, 6.07) is 21.9. The normalized spacial score (nSPS) is 21.2. The first kappa shape index (κ1) is 62.3. The fourth-order valence-electron chi connectivity index (χ4n) is 11.5. The number of rotatable bonds is 6. The molecule has 0 atom stereocenters. The fourth-order valence-corrected chi connectivity index (χ4v) is 11.5. The molecule has 4 bridgehead atoms. The van der Waals surface area contributed by atoms with Crippen LogP contribution < -0.4 is 0 Å². The number of hydrogen-bond donors (Lipinski definition) is 0. The van der Waals surface area contributed by atoms with E-state index in [1.54, 1.807) is 24.3 Å². The predicted molar refractivity (Wildman–Crippen MR) is 258 cm³/mol. The van der Waals surface area contributed by atoms with Crippen LogP contribution in [0.1, 0.15) is 104 Å². The second-order valence-corrected chi connectivity index (χ2v) is 19.4. The van der Waals surface area contributed by atoms with Crippen LogP contribution in [0.2, 0.25) is 0 Å². The van der Waals surface area contributed by atoms with E-state index in [0.717, 1.165) is 70.8 Å². The number of fused-ring (bicyclic) bond motifs is 6. The summed E-state index contributed by atoms with van der Waals surface area (Å²) in [5.74, 6) is 1.62. The molecule has 0 N–H and O–H groups in total. The summed E-state index contributed by atoms with van der Waals surface area (Å²) in [7, 11) is 0. The number of benzene rings is 4. The Kier molecular flexibility index (Phi) is 20.1. The average Bonchev–Trinajstić information content (AvgIpc) is 4.17. The third-order valence-electron chi connectivity index (χ3n) is 14.6. The Labute approximate surface area is 444 Å². The molecule has 0 unspecified atom stereocenters. The van der Waals surface area contributed by atoms with E-state index >= 15 is 0 Å². The summed E-state index contributed by atoms with van der Waals surface area (Å²) in [5, 5.41) is 3.10. The molecule has 2 radical (unpaired) electrons. The second-order valence-electron chi connectivity index (χ2n) is 19.4. The molecular formula is C54H51Cl2F15SiZr-4. The van der Waals surface area contributed by atoms with Crippen molar-refractivity contribution in [2.24, 2.45) is 22.7 Å². The molecule has 0 aliphatic heterocycles. The molecule has 0 heterocycles. The molecular weight excluding hydrogens is 1120 g/mol. The Hall–Kier alpha value is -3.27. The number of halogens is 17. The molecule has 4 fully saturated rings. The van der Waals surface area contributed by atoms with Gasteiger partial charge >= 0.3 is 61.1 Å². The SMILES string of the molecule is Cl.Cl.FC(F)(F)c1cc(-c2cccc3[cH-]c(CC45CCC(CC4)C5)cc23)cc(C(F)(F)F)c1.FC(F)(F)c1cc(-c2cccc3[cH-]c(CC45CCC(CC4)C5)cc23)cc(C(F)(F)F)c1.[CH2-]CC(F)(F)F.[CH3-].[Si]=[Zr]. The molecule has 6 aromatic rings. The molecule has 19 heteroatoms. The summed E-state index contributed by atoms with van der Waals surface area (Å²) < 4.78 is 192. The van der Waals surface area contributed by atoms with Gasteiger partial charge in [-0.05, 0) is 147 Å². The third-order valence-corrected chi connectivity index (χ3v) is 14.6. The Morgan fingerprint density at radius 2 is 0.781 bits per heavy atom. The van der Waals surface area contributed by atoms with Gasteiger partial charge in [0.15, 0.2) is 0 Å². The third kappa shape index (κ3) is 14.8. The molecule has 0 amide bonds. The Bertz CT molecular complexity index is 2530. The van der Waals surface area contributed by atoms with E-state index in [0.29, 0.717) is 32.7 Å². The molecule has 10 rings (SSSR count). The molecule has 398 valence electrons. The molecule has 0 spiro atoms. The molecule has 4 saturated carbocycles. The van der Waals surface area contributed by atoms with Crippen molar-refractivity contribution in [2.75, 3.05) is 0 Å². The summed E-state index contributed by atoms with van der Waals surface area (Å²) in [6.07, 6.45) is -10.3. The first-order chi connectivity index (χ1) is 32.6. The number of hydrogen-bond acceptors (Lipinski definition) is 0. The van der Waals surface area contributed by atoms with Crippen molar-refractivity contribution < 1.29 is 89.2 Å². The molecule has 73 heavy (non-hydrogen) atoms. The maximum atomic E-state index is 13.3. The van der Waals surface area contributed by atoms with Crippen molar-refractivity contribution >= 4 is 53.2 Å². The fraction of sp³-hybridized carbons (Fsp3) is 0.407. The van der Waals surface area contributed by atoms with Crippen LogP contribution in [0.3, 0.4) is 0 Å². The van der Waals surface area contributed by atoms with Crippen molar-refractivity contribution in [3.63, 3.8) is 0 Å². The van der Waals surface area contributed by atoms with Gasteiger partial charge in [0, 0.05) is 0 Å². The zero-order valence-electron chi connectivity index (χ0n) is 39.3. The van der Waals surface area contributed by atoms with Gasteiger partial charge in [0.25, 0.3) is 0 Å². The summed E-state index contributed by atoms with van der Waals surface area (Å²) in [6.45, 7) is 5.69. The van der Waals surface area contributed by atoms with Crippen LogP contribution in [0.15, 0.2) is 97.1 Å². The zero-order valence-corrected chi connectivity index (χ0v) is 44.4. The van der Waals surface area contributed by atoms with E-state index in [1.165, 1.54) is 87.5 Å². The van der Waals surface area contributed by atoms with Crippen LogP contribution in [-0.2, 0) is 60.9 Å². The summed E-state index contributed by atoms with van der Waals surface area (Å²) >= 11 is 1.36. The van der Waals surface area contributed by atoms with Gasteiger partial charge in [-0.2, -0.15) is 78.0 Å². The minimum absolute atomic E-state index is 0. The van der Waals surface area contributed by atoms with Crippen LogP contribution in [0, 0.1) is 37.0 Å². The van der Waals surface area contributed by atoms with Crippen LogP contribution in [0.25, 0.3) is 43.8 Å². The summed E-state index contributed by atoms with van der Waals surface area (Å²) in [5.41, 5.74) is -1.63. The van der Waals surface area contributed by atoms with Gasteiger partial charge in [-0.25, -0.2) is 0 Å². The Balaban J connectivity index is 0.000000267. The van der Waals surface area contributed by atoms with E-state index in [9.17, 15) is 65.9 Å². The number of alkyl halides is 15.